The van der Waals surface area contributed by atoms with E-state index >= 15 is 0 Å². The van der Waals surface area contributed by atoms with E-state index in [1.807, 2.05) is 6.92 Å². The molecule has 0 aliphatic heterocycles. The molecular weight excluding hydrogens is 156 g/mol. The Hall–Kier alpha value is -0.670. The van der Waals surface area contributed by atoms with Crippen molar-refractivity contribution in [2.75, 3.05) is 26.4 Å². The summed E-state index contributed by atoms with van der Waals surface area (Å²) in [6.07, 6.45) is 0. The predicted octanol–water partition coefficient (Wildman–Crippen LogP) is 1.18. The van der Waals surface area contributed by atoms with Gasteiger partial charge in [-0.1, -0.05) is 12.2 Å². The van der Waals surface area contributed by atoms with Crippen molar-refractivity contribution in [3.63, 3.8) is 0 Å². The molecule has 0 radical (unpaired) electrons. The van der Waals surface area contributed by atoms with E-state index < -0.39 is 0 Å². The highest BCUT2D eigenvalue weighted by Gasteiger charge is 1.92. The number of hydrogen-bond donors (Lipinski definition) is 0. The zero-order chi connectivity index (χ0) is 9.40. The summed E-state index contributed by atoms with van der Waals surface area (Å²) in [5.74, 6) is 0.0369. The Bertz CT molecular complexity index is 134. The highest BCUT2D eigenvalue weighted by Crippen LogP contribution is 1.87. The van der Waals surface area contributed by atoms with Crippen LogP contribution in [0.25, 0.3) is 0 Å². The second-order valence-corrected chi connectivity index (χ2v) is 2.76. The van der Waals surface area contributed by atoms with E-state index in [1.54, 1.807) is 0 Å². The summed E-state index contributed by atoms with van der Waals surface area (Å²) in [7, 11) is 0. The average molecular weight is 172 g/mol. The van der Waals surface area contributed by atoms with E-state index in [4.69, 9.17) is 9.47 Å². The van der Waals surface area contributed by atoms with Gasteiger partial charge in [0.2, 0.25) is 0 Å². The molecule has 0 rings (SSSR count). The standard InChI is InChI=1S/C9H16O3/c1-8(2)6-11-4-5-12-7-9(3)10/h1,4-7H2,2-3H3. The number of carbonyl (C=O) groups is 1. The fourth-order valence-corrected chi connectivity index (χ4v) is 0.580. The maximum atomic E-state index is 10.4. The molecule has 3 heteroatoms. The molecule has 0 aliphatic carbocycles. The van der Waals surface area contributed by atoms with Crippen molar-refractivity contribution >= 4 is 5.78 Å². The third-order valence-corrected chi connectivity index (χ3v) is 1.03. The fourth-order valence-electron chi connectivity index (χ4n) is 0.580. The zero-order valence-electron chi connectivity index (χ0n) is 7.76. The Balaban J connectivity index is 3.01. The molecule has 0 aliphatic rings. The van der Waals surface area contributed by atoms with Crippen molar-refractivity contribution in [3.05, 3.63) is 12.2 Å². The van der Waals surface area contributed by atoms with Gasteiger partial charge < -0.3 is 9.47 Å². The van der Waals surface area contributed by atoms with Crippen molar-refractivity contribution in [1.82, 2.24) is 0 Å². The van der Waals surface area contributed by atoms with Gasteiger partial charge in [0.25, 0.3) is 0 Å². The Morgan fingerprint density at radius 2 is 1.67 bits per heavy atom. The van der Waals surface area contributed by atoms with E-state index in [2.05, 4.69) is 6.58 Å². The van der Waals surface area contributed by atoms with Crippen molar-refractivity contribution in [1.29, 1.82) is 0 Å². The van der Waals surface area contributed by atoms with Crippen LogP contribution in [0.3, 0.4) is 0 Å². The molecule has 3 nitrogen and oxygen atoms in total. The van der Waals surface area contributed by atoms with Gasteiger partial charge in [-0.15, -0.1) is 0 Å². The van der Waals surface area contributed by atoms with E-state index in [0.29, 0.717) is 19.8 Å². The largest absolute Gasteiger partial charge is 0.375 e. The summed E-state index contributed by atoms with van der Waals surface area (Å²) in [6.45, 7) is 8.79. The Kier molecular flexibility index (Phi) is 6.61. The fraction of sp³-hybridized carbons (Fsp3) is 0.667. The number of rotatable bonds is 7. The van der Waals surface area contributed by atoms with E-state index in [1.165, 1.54) is 6.92 Å². The summed E-state index contributed by atoms with van der Waals surface area (Å²) < 4.78 is 10.1. The number of ketones is 1. The quantitative estimate of drug-likeness (QED) is 0.427. The second-order valence-electron chi connectivity index (χ2n) is 2.76. The third kappa shape index (κ3) is 9.33. The normalized spacial score (nSPS) is 9.83. The van der Waals surface area contributed by atoms with E-state index in [-0.39, 0.29) is 12.4 Å². The lowest BCUT2D eigenvalue weighted by atomic mass is 10.4. The Morgan fingerprint density at radius 1 is 1.17 bits per heavy atom. The highest BCUT2D eigenvalue weighted by molar-refractivity contribution is 5.76. The molecule has 0 aromatic heterocycles. The molecule has 0 unspecified atom stereocenters. The first-order valence-corrected chi connectivity index (χ1v) is 3.92. The van der Waals surface area contributed by atoms with Gasteiger partial charge in [0, 0.05) is 0 Å². The molecule has 0 spiro atoms. The number of ether oxygens (including phenoxy) is 2. The predicted molar refractivity (Wildman–Crippen MR) is 47.1 cm³/mol. The molecule has 12 heavy (non-hydrogen) atoms. The molecule has 0 heterocycles. The molecule has 0 N–H and O–H groups in total. The lowest BCUT2D eigenvalue weighted by Gasteiger charge is -2.03. The van der Waals surface area contributed by atoms with Crippen LogP contribution < -0.4 is 0 Å². The molecular formula is C9H16O3. The van der Waals surface area contributed by atoms with Gasteiger partial charge in [-0.2, -0.15) is 0 Å². The van der Waals surface area contributed by atoms with E-state index in [0.717, 1.165) is 5.57 Å². The minimum Gasteiger partial charge on any atom is -0.375 e. The first kappa shape index (κ1) is 11.3. The summed E-state index contributed by atoms with van der Waals surface area (Å²) in [5, 5.41) is 0. The van der Waals surface area contributed by atoms with Crippen molar-refractivity contribution in [3.8, 4) is 0 Å². The number of Topliss-reactive ketones (excluding diaryl/α,β-unsaturated/α-hetero) is 1. The topological polar surface area (TPSA) is 35.5 Å². The maximum Gasteiger partial charge on any atom is 0.155 e. The first-order valence-electron chi connectivity index (χ1n) is 3.92. The molecule has 0 saturated carbocycles. The van der Waals surface area contributed by atoms with Crippen LogP contribution in [0.15, 0.2) is 12.2 Å². The van der Waals surface area contributed by atoms with Crippen LogP contribution in [0, 0.1) is 0 Å². The van der Waals surface area contributed by atoms with Gasteiger partial charge in [-0.05, 0) is 13.8 Å². The minimum atomic E-state index is 0.0369. The van der Waals surface area contributed by atoms with Gasteiger partial charge in [-0.25, -0.2) is 0 Å². The summed E-state index contributed by atoms with van der Waals surface area (Å²) in [5.41, 5.74) is 0.988. The van der Waals surface area contributed by atoms with Crippen LogP contribution in [0.1, 0.15) is 13.8 Å². The Morgan fingerprint density at radius 3 is 2.08 bits per heavy atom. The highest BCUT2D eigenvalue weighted by atomic mass is 16.5. The smallest absolute Gasteiger partial charge is 0.155 e. The van der Waals surface area contributed by atoms with Gasteiger partial charge in [0.15, 0.2) is 5.78 Å². The monoisotopic (exact) mass is 172 g/mol. The Labute approximate surface area is 73.4 Å². The van der Waals surface area contributed by atoms with Crippen molar-refractivity contribution < 1.29 is 14.3 Å². The second kappa shape index (κ2) is 7.00. The van der Waals surface area contributed by atoms with Gasteiger partial charge in [-0.3, -0.25) is 4.79 Å². The lowest BCUT2D eigenvalue weighted by Crippen LogP contribution is -2.10. The van der Waals surface area contributed by atoms with Crippen LogP contribution >= 0.6 is 0 Å². The summed E-state index contributed by atoms with van der Waals surface area (Å²) in [6, 6.07) is 0. The van der Waals surface area contributed by atoms with E-state index in [9.17, 15) is 4.79 Å². The first-order chi connectivity index (χ1) is 5.63. The van der Waals surface area contributed by atoms with Crippen LogP contribution in [-0.4, -0.2) is 32.2 Å². The number of carbonyl (C=O) groups excluding carboxylic acids is 1. The molecule has 0 fully saturated rings. The van der Waals surface area contributed by atoms with Gasteiger partial charge >= 0.3 is 0 Å². The lowest BCUT2D eigenvalue weighted by molar-refractivity contribution is -0.121. The minimum absolute atomic E-state index is 0.0369. The molecule has 0 aromatic carbocycles. The summed E-state index contributed by atoms with van der Waals surface area (Å²) in [4.78, 5) is 10.4. The molecule has 0 amide bonds. The molecule has 0 aromatic rings. The molecule has 0 saturated heterocycles. The third-order valence-electron chi connectivity index (χ3n) is 1.03. The van der Waals surface area contributed by atoms with Crippen LogP contribution in [-0.2, 0) is 14.3 Å². The maximum absolute atomic E-state index is 10.4. The summed E-state index contributed by atoms with van der Waals surface area (Å²) >= 11 is 0. The molecule has 0 atom stereocenters. The molecule has 0 bridgehead atoms. The van der Waals surface area contributed by atoms with Crippen LogP contribution in [0.2, 0.25) is 0 Å². The average Bonchev–Trinajstić information content (AvgIpc) is 1.95. The van der Waals surface area contributed by atoms with Crippen molar-refractivity contribution in [2.24, 2.45) is 0 Å². The SMILES string of the molecule is C=C(C)COCCOCC(C)=O. The molecule has 70 valence electrons. The zero-order valence-corrected chi connectivity index (χ0v) is 7.76. The van der Waals surface area contributed by atoms with Crippen LogP contribution in [0.4, 0.5) is 0 Å². The van der Waals surface area contributed by atoms with Crippen LogP contribution in [0.5, 0.6) is 0 Å². The number of hydrogen-bond acceptors (Lipinski definition) is 3. The van der Waals surface area contributed by atoms with Gasteiger partial charge in [0.05, 0.1) is 19.8 Å². The van der Waals surface area contributed by atoms with Crippen molar-refractivity contribution in [2.45, 2.75) is 13.8 Å². The van der Waals surface area contributed by atoms with Gasteiger partial charge in [0.1, 0.15) is 6.61 Å².